The second kappa shape index (κ2) is 7.50. The highest BCUT2D eigenvalue weighted by Gasteiger charge is 2.28. The molecule has 128 valence electrons. The number of aliphatic carboxylic acids is 1. The van der Waals surface area contributed by atoms with Gasteiger partial charge in [-0.2, -0.15) is 0 Å². The third kappa shape index (κ3) is 4.15. The number of aliphatic hydroxyl groups is 1. The summed E-state index contributed by atoms with van der Waals surface area (Å²) in [6, 6.07) is 3.52. The van der Waals surface area contributed by atoms with Gasteiger partial charge in [0.1, 0.15) is 6.04 Å². The first-order valence-electron chi connectivity index (χ1n) is 7.14. The standard InChI is InChI=1S/C16H17NO6S/c1-8(18)17-12(16(22)23)7-24-14-11-4-2-10(15(20)21)6-9(11)3-5-13(14)19/h2-6,12-14,19H,7H2,1H3,(H,17,18)(H,20,21)(H,22,23)/t12-,13+,14+/m0/s1. The van der Waals surface area contributed by atoms with E-state index in [0.29, 0.717) is 5.56 Å². The largest absolute Gasteiger partial charge is 0.480 e. The Labute approximate surface area is 142 Å². The number of nitrogens with one attached hydrogen (secondary N) is 1. The highest BCUT2D eigenvalue weighted by atomic mass is 32.2. The third-order valence-electron chi connectivity index (χ3n) is 3.54. The molecule has 0 aromatic heterocycles. The predicted octanol–water partition coefficient (Wildman–Crippen LogP) is 1.14. The molecule has 8 heteroatoms. The lowest BCUT2D eigenvalue weighted by Gasteiger charge is -2.27. The highest BCUT2D eigenvalue weighted by Crippen LogP contribution is 2.39. The number of benzene rings is 1. The van der Waals surface area contributed by atoms with Crippen molar-refractivity contribution in [3.05, 3.63) is 41.0 Å². The van der Waals surface area contributed by atoms with Crippen LogP contribution in [0.25, 0.3) is 6.08 Å². The normalized spacial score (nSPS) is 20.1. The van der Waals surface area contributed by atoms with Crippen LogP contribution in [0.15, 0.2) is 24.3 Å². The Bertz CT molecular complexity index is 702. The van der Waals surface area contributed by atoms with Gasteiger partial charge >= 0.3 is 11.9 Å². The maximum absolute atomic E-state index is 11.2. The average molecular weight is 351 g/mol. The number of carboxylic acids is 2. The van der Waals surface area contributed by atoms with Gasteiger partial charge in [0.2, 0.25) is 5.91 Å². The lowest BCUT2D eigenvalue weighted by atomic mass is 9.93. The first-order chi connectivity index (χ1) is 11.3. The minimum atomic E-state index is -1.15. The van der Waals surface area contributed by atoms with E-state index in [0.717, 1.165) is 5.56 Å². The van der Waals surface area contributed by atoms with E-state index in [2.05, 4.69) is 5.32 Å². The fourth-order valence-electron chi connectivity index (χ4n) is 2.41. The number of fused-ring (bicyclic) bond motifs is 1. The van der Waals surface area contributed by atoms with Crippen LogP contribution in [-0.4, -0.2) is 51.1 Å². The summed E-state index contributed by atoms with van der Waals surface area (Å²) in [6.07, 6.45) is 2.36. The molecule has 0 bridgehead atoms. The number of thioether (sulfide) groups is 1. The molecule has 1 aromatic carbocycles. The molecule has 3 atom stereocenters. The number of aliphatic hydroxyl groups excluding tert-OH is 1. The smallest absolute Gasteiger partial charge is 0.335 e. The van der Waals surface area contributed by atoms with Crippen molar-refractivity contribution in [2.45, 2.75) is 24.3 Å². The molecule has 0 saturated heterocycles. The summed E-state index contributed by atoms with van der Waals surface area (Å²) in [4.78, 5) is 33.3. The van der Waals surface area contributed by atoms with Gasteiger partial charge in [-0.3, -0.25) is 4.79 Å². The minimum absolute atomic E-state index is 0.0740. The summed E-state index contributed by atoms with van der Waals surface area (Å²) in [7, 11) is 0. The van der Waals surface area contributed by atoms with Gasteiger partial charge in [-0.15, -0.1) is 11.8 Å². The van der Waals surface area contributed by atoms with E-state index in [-0.39, 0.29) is 11.3 Å². The molecule has 0 aliphatic heterocycles. The summed E-state index contributed by atoms with van der Waals surface area (Å²) in [5.74, 6) is -2.57. The number of aromatic carboxylic acids is 1. The number of rotatable bonds is 6. The van der Waals surface area contributed by atoms with E-state index in [9.17, 15) is 19.5 Å². The molecule has 24 heavy (non-hydrogen) atoms. The van der Waals surface area contributed by atoms with Crippen molar-refractivity contribution in [3.63, 3.8) is 0 Å². The second-order valence-electron chi connectivity index (χ2n) is 5.34. The number of hydrogen-bond acceptors (Lipinski definition) is 5. The fourth-order valence-corrected chi connectivity index (χ4v) is 3.71. The summed E-state index contributed by atoms with van der Waals surface area (Å²) < 4.78 is 0. The molecule has 1 aromatic rings. The topological polar surface area (TPSA) is 124 Å². The molecule has 1 aliphatic carbocycles. The van der Waals surface area contributed by atoms with Crippen molar-refractivity contribution in [1.29, 1.82) is 0 Å². The Hall–Kier alpha value is -2.32. The van der Waals surface area contributed by atoms with Crippen LogP contribution >= 0.6 is 11.8 Å². The van der Waals surface area contributed by atoms with E-state index in [1.165, 1.54) is 30.8 Å². The van der Waals surface area contributed by atoms with Crippen molar-refractivity contribution in [3.8, 4) is 0 Å². The molecular weight excluding hydrogens is 334 g/mol. The van der Waals surface area contributed by atoms with Crippen molar-refractivity contribution in [2.24, 2.45) is 0 Å². The van der Waals surface area contributed by atoms with Crippen molar-refractivity contribution in [2.75, 3.05) is 5.75 Å². The van der Waals surface area contributed by atoms with Gasteiger partial charge in [0, 0.05) is 12.7 Å². The van der Waals surface area contributed by atoms with E-state index in [1.54, 1.807) is 18.2 Å². The van der Waals surface area contributed by atoms with Gasteiger partial charge in [-0.1, -0.05) is 18.2 Å². The zero-order valence-electron chi connectivity index (χ0n) is 12.8. The van der Waals surface area contributed by atoms with Gasteiger partial charge in [0.05, 0.1) is 16.9 Å². The average Bonchev–Trinajstić information content (AvgIpc) is 2.51. The number of carbonyl (C=O) groups excluding carboxylic acids is 1. The van der Waals surface area contributed by atoms with E-state index in [1.807, 2.05) is 0 Å². The number of carboxylic acid groups (broad SMARTS) is 2. The van der Waals surface area contributed by atoms with Gasteiger partial charge in [-0.05, 0) is 23.3 Å². The molecule has 1 aliphatic rings. The third-order valence-corrected chi connectivity index (χ3v) is 4.96. The summed E-state index contributed by atoms with van der Waals surface area (Å²) in [6.45, 7) is 1.24. The number of hydrogen-bond donors (Lipinski definition) is 4. The van der Waals surface area contributed by atoms with E-state index < -0.39 is 35.2 Å². The summed E-state index contributed by atoms with van der Waals surface area (Å²) in [5, 5.41) is 30.3. The Morgan fingerprint density at radius 1 is 1.29 bits per heavy atom. The van der Waals surface area contributed by atoms with Crippen LogP contribution < -0.4 is 5.32 Å². The van der Waals surface area contributed by atoms with E-state index >= 15 is 0 Å². The monoisotopic (exact) mass is 351 g/mol. The molecule has 0 heterocycles. The Balaban J connectivity index is 2.19. The van der Waals surface area contributed by atoms with Crippen molar-refractivity contribution in [1.82, 2.24) is 5.32 Å². The first kappa shape index (κ1) is 18.0. The summed E-state index contributed by atoms with van der Waals surface area (Å²) in [5.41, 5.74) is 1.54. The molecule has 0 fully saturated rings. The lowest BCUT2D eigenvalue weighted by Crippen LogP contribution is -2.41. The molecule has 1 amide bonds. The molecule has 7 nitrogen and oxygen atoms in total. The quantitative estimate of drug-likeness (QED) is 0.606. The molecular formula is C16H17NO6S. The minimum Gasteiger partial charge on any atom is -0.480 e. The molecule has 0 unspecified atom stereocenters. The zero-order valence-corrected chi connectivity index (χ0v) is 13.6. The van der Waals surface area contributed by atoms with E-state index in [4.69, 9.17) is 10.2 Å². The Morgan fingerprint density at radius 3 is 2.58 bits per heavy atom. The van der Waals surface area contributed by atoms with Crippen LogP contribution in [0.1, 0.15) is 33.7 Å². The lowest BCUT2D eigenvalue weighted by molar-refractivity contribution is -0.140. The van der Waals surface area contributed by atoms with Crippen LogP contribution in [0.5, 0.6) is 0 Å². The molecule has 0 spiro atoms. The van der Waals surface area contributed by atoms with Crippen molar-refractivity contribution >= 4 is 35.7 Å². The van der Waals surface area contributed by atoms with Crippen molar-refractivity contribution < 1.29 is 29.7 Å². The zero-order chi connectivity index (χ0) is 17.9. The maximum atomic E-state index is 11.2. The SMILES string of the molecule is CC(=O)N[C@@H](CS[C@@H]1c2ccc(C(=O)O)cc2C=C[C@H]1O)C(=O)O. The van der Waals surface area contributed by atoms with Crippen LogP contribution in [0, 0.1) is 0 Å². The van der Waals surface area contributed by atoms with Gasteiger partial charge < -0.3 is 20.6 Å². The maximum Gasteiger partial charge on any atom is 0.335 e. The highest BCUT2D eigenvalue weighted by molar-refractivity contribution is 7.99. The second-order valence-corrected chi connectivity index (χ2v) is 6.52. The fraction of sp³-hybridized carbons (Fsp3) is 0.312. The molecule has 0 radical (unpaired) electrons. The number of amides is 1. The predicted molar refractivity (Wildman–Crippen MR) is 88.9 cm³/mol. The van der Waals surface area contributed by atoms with Gasteiger partial charge in [0.15, 0.2) is 0 Å². The molecule has 0 saturated carbocycles. The van der Waals surface area contributed by atoms with Crippen LogP contribution in [-0.2, 0) is 9.59 Å². The number of carbonyl (C=O) groups is 3. The molecule has 4 N–H and O–H groups in total. The van der Waals surface area contributed by atoms with Gasteiger partial charge in [0.25, 0.3) is 0 Å². The summed E-state index contributed by atoms with van der Waals surface area (Å²) >= 11 is 1.20. The molecule has 2 rings (SSSR count). The Morgan fingerprint density at radius 2 is 2.00 bits per heavy atom. The first-order valence-corrected chi connectivity index (χ1v) is 8.19. The van der Waals surface area contributed by atoms with Crippen LogP contribution in [0.4, 0.5) is 0 Å². The van der Waals surface area contributed by atoms with Crippen LogP contribution in [0.2, 0.25) is 0 Å². The van der Waals surface area contributed by atoms with Crippen LogP contribution in [0.3, 0.4) is 0 Å². The Kier molecular flexibility index (Phi) is 5.63. The van der Waals surface area contributed by atoms with Gasteiger partial charge in [-0.25, -0.2) is 9.59 Å².